The first-order chi connectivity index (χ1) is 13.9. The first kappa shape index (κ1) is 20.4. The summed E-state index contributed by atoms with van der Waals surface area (Å²) in [6.45, 7) is -1.84. The molecule has 30 heavy (non-hydrogen) atoms. The number of alkyl halides is 4. The summed E-state index contributed by atoms with van der Waals surface area (Å²) >= 11 is 0. The first-order valence-corrected chi connectivity index (χ1v) is 9.93. The number of phenols is 1. The van der Waals surface area contributed by atoms with E-state index in [-0.39, 0.29) is 15.7 Å². The van der Waals surface area contributed by atoms with Crippen LogP contribution in [0.2, 0.25) is 0 Å². The lowest BCUT2D eigenvalue weighted by molar-refractivity contribution is -0.117. The largest absolute Gasteiger partial charge is 0.506 e. The van der Waals surface area contributed by atoms with Gasteiger partial charge < -0.3 is 5.11 Å². The van der Waals surface area contributed by atoms with Gasteiger partial charge in [0.25, 0.3) is 18.3 Å². The summed E-state index contributed by atoms with van der Waals surface area (Å²) in [6, 6.07) is 2.90. The Morgan fingerprint density at radius 3 is 2.53 bits per heavy atom. The molecule has 2 aliphatic rings. The molecule has 8 nitrogen and oxygen atoms in total. The highest BCUT2D eigenvalue weighted by Gasteiger charge is 2.59. The van der Waals surface area contributed by atoms with Gasteiger partial charge in [0.2, 0.25) is 0 Å². The molecule has 1 amide bonds. The van der Waals surface area contributed by atoms with Gasteiger partial charge in [-0.3, -0.25) is 9.48 Å². The van der Waals surface area contributed by atoms with E-state index in [2.05, 4.69) is 5.10 Å². The molecule has 1 aromatic heterocycles. The molecule has 0 bridgehead atoms. The van der Waals surface area contributed by atoms with Gasteiger partial charge in [-0.1, -0.05) is 0 Å². The van der Waals surface area contributed by atoms with Crippen LogP contribution in [0.15, 0.2) is 18.2 Å². The molecule has 2 N–H and O–H groups in total. The highest BCUT2D eigenvalue weighted by Crippen LogP contribution is 2.55. The van der Waals surface area contributed by atoms with Crippen molar-refractivity contribution in [3.8, 4) is 17.0 Å². The smallest absolute Gasteiger partial charge is 0.326 e. The number of nitrogens with one attached hydrogen (secondary N) is 1. The summed E-state index contributed by atoms with van der Waals surface area (Å²) < 4.78 is 94.5. The van der Waals surface area contributed by atoms with Crippen LogP contribution in [0.1, 0.15) is 18.0 Å². The van der Waals surface area contributed by atoms with Crippen LogP contribution in [-0.2, 0) is 21.5 Å². The number of hydrogen-bond donors (Lipinski definition) is 2. The molecule has 1 aliphatic heterocycles. The number of nitrogens with zero attached hydrogens (tertiary/aromatic N) is 3. The number of benzene rings is 1. The Labute approximate surface area is 166 Å². The van der Waals surface area contributed by atoms with Crippen LogP contribution < -0.4 is 9.03 Å². The third kappa shape index (κ3) is 3.34. The molecule has 14 heteroatoms. The molecule has 162 valence electrons. The van der Waals surface area contributed by atoms with E-state index in [0.29, 0.717) is 4.68 Å². The maximum absolute atomic E-state index is 15.3. The molecule has 0 spiro atoms. The normalized spacial score (nSPS) is 21.9. The zero-order valence-electron chi connectivity index (χ0n) is 14.8. The Bertz CT molecular complexity index is 1150. The Morgan fingerprint density at radius 2 is 2.00 bits per heavy atom. The van der Waals surface area contributed by atoms with E-state index < -0.39 is 76.7 Å². The predicted molar refractivity (Wildman–Crippen MR) is 92.0 cm³/mol. The van der Waals surface area contributed by atoms with Gasteiger partial charge >= 0.3 is 10.2 Å². The molecule has 1 saturated heterocycles. The highest BCUT2D eigenvalue weighted by molar-refractivity contribution is 7.92. The van der Waals surface area contributed by atoms with Gasteiger partial charge in [0.1, 0.15) is 24.5 Å². The average molecular weight is 452 g/mol. The molecule has 2 heterocycles. The molecule has 2 fully saturated rings. The van der Waals surface area contributed by atoms with Gasteiger partial charge in [-0.25, -0.2) is 31.0 Å². The van der Waals surface area contributed by atoms with Crippen LogP contribution in [0.25, 0.3) is 11.3 Å². The number of phenolic OH excluding ortho intramolecular Hbond substituents is 1. The van der Waals surface area contributed by atoms with Crippen LogP contribution in [-0.4, -0.2) is 48.1 Å². The number of hydrogen-bond acceptors (Lipinski definition) is 5. The molecule has 1 unspecified atom stereocenters. The lowest BCUT2D eigenvalue weighted by atomic mass is 10.1. The van der Waals surface area contributed by atoms with Crippen molar-refractivity contribution >= 4 is 21.8 Å². The van der Waals surface area contributed by atoms with Crippen molar-refractivity contribution in [3.05, 3.63) is 29.7 Å². The van der Waals surface area contributed by atoms with Crippen molar-refractivity contribution in [1.29, 1.82) is 0 Å². The molecule has 4 rings (SSSR count). The van der Waals surface area contributed by atoms with Crippen molar-refractivity contribution in [2.24, 2.45) is 0 Å². The third-order valence-corrected chi connectivity index (χ3v) is 6.11. The van der Waals surface area contributed by atoms with Crippen LogP contribution >= 0.6 is 0 Å². The minimum Gasteiger partial charge on any atom is -0.506 e. The number of anilines is 1. The zero-order valence-corrected chi connectivity index (χ0v) is 15.6. The van der Waals surface area contributed by atoms with E-state index in [9.17, 15) is 35.9 Å². The summed E-state index contributed by atoms with van der Waals surface area (Å²) in [5.74, 6) is -7.49. The van der Waals surface area contributed by atoms with Crippen molar-refractivity contribution in [2.75, 3.05) is 10.8 Å². The van der Waals surface area contributed by atoms with Crippen molar-refractivity contribution in [3.63, 3.8) is 0 Å². The summed E-state index contributed by atoms with van der Waals surface area (Å²) in [4.78, 5) is 11.4. The number of carbonyl (C=O) groups is 1. The summed E-state index contributed by atoms with van der Waals surface area (Å²) in [7, 11) is -4.48. The first-order valence-electron chi connectivity index (χ1n) is 8.49. The molecular weight excluding hydrogens is 439 g/mol. The van der Waals surface area contributed by atoms with Gasteiger partial charge in [0, 0.05) is 12.0 Å². The van der Waals surface area contributed by atoms with Crippen LogP contribution in [0.4, 0.5) is 27.6 Å². The van der Waals surface area contributed by atoms with Gasteiger partial charge in [-0.2, -0.15) is 13.5 Å². The topological polar surface area (TPSA) is 105 Å². The maximum atomic E-state index is 15.3. The standard InChI is InChI=1S/C16H13F5N4O4S/c17-12(18)5-24-10(3-9(22-24)8-4-16(8,20)21)7-1-2-11(26)15(14(7)19)25-6-13(27)23-30(25,28)29/h1-3,8,12,26H,4-6H2,(H,23,27). The highest BCUT2D eigenvalue weighted by atomic mass is 32.2. The zero-order chi connectivity index (χ0) is 22.0. The monoisotopic (exact) mass is 452 g/mol. The van der Waals surface area contributed by atoms with E-state index in [1.807, 2.05) is 0 Å². The number of aromatic hydroxyl groups is 1. The molecule has 1 aliphatic carbocycles. The van der Waals surface area contributed by atoms with Crippen molar-refractivity contribution < 1.29 is 40.3 Å². The second-order valence-electron chi connectivity index (χ2n) is 6.88. The number of aromatic nitrogens is 2. The third-order valence-electron chi connectivity index (χ3n) is 4.73. The molecule has 1 saturated carbocycles. The second kappa shape index (κ2) is 6.55. The van der Waals surface area contributed by atoms with Gasteiger partial charge in [0.05, 0.1) is 17.3 Å². The van der Waals surface area contributed by atoms with Crippen LogP contribution in [0, 0.1) is 5.82 Å². The fraction of sp³-hybridized carbons (Fsp3) is 0.375. The minimum absolute atomic E-state index is 0.213. The quantitative estimate of drug-likeness (QED) is 0.675. The SMILES string of the molecule is O=C1CN(c2c(O)ccc(-c3cc(C4CC4(F)F)nn3CC(F)F)c2F)S(=O)(=O)N1. The van der Waals surface area contributed by atoms with Gasteiger partial charge in [-0.15, -0.1) is 0 Å². The Morgan fingerprint density at radius 1 is 1.33 bits per heavy atom. The summed E-state index contributed by atoms with van der Waals surface area (Å²) in [5.41, 5.74) is -1.85. The molecular formula is C16H13F5N4O4S. The Hall–Kier alpha value is -2.90. The molecule has 2 aromatic rings. The van der Waals surface area contributed by atoms with E-state index in [0.717, 1.165) is 18.2 Å². The summed E-state index contributed by atoms with van der Waals surface area (Å²) in [6.07, 6.45) is -3.46. The molecule has 1 aromatic carbocycles. The van der Waals surface area contributed by atoms with E-state index in [1.165, 1.54) is 0 Å². The van der Waals surface area contributed by atoms with E-state index in [1.54, 1.807) is 4.72 Å². The van der Waals surface area contributed by atoms with Crippen LogP contribution in [0.3, 0.4) is 0 Å². The Kier molecular flexibility index (Phi) is 4.45. The Balaban J connectivity index is 1.84. The lowest BCUT2D eigenvalue weighted by Gasteiger charge is -2.19. The van der Waals surface area contributed by atoms with E-state index >= 15 is 4.39 Å². The fourth-order valence-corrected chi connectivity index (χ4v) is 4.43. The molecule has 1 atom stereocenters. The number of amides is 1. The predicted octanol–water partition coefficient (Wildman–Crippen LogP) is 1.96. The van der Waals surface area contributed by atoms with Crippen molar-refractivity contribution in [2.45, 2.75) is 31.2 Å². The van der Waals surface area contributed by atoms with Gasteiger partial charge in [-0.05, 0) is 18.2 Å². The fourth-order valence-electron chi connectivity index (χ4n) is 3.26. The lowest BCUT2D eigenvalue weighted by Crippen LogP contribution is -2.30. The maximum Gasteiger partial charge on any atom is 0.326 e. The number of halogens is 5. The van der Waals surface area contributed by atoms with Gasteiger partial charge in [0.15, 0.2) is 5.82 Å². The number of carbonyl (C=O) groups excluding carboxylic acids is 1. The van der Waals surface area contributed by atoms with Crippen molar-refractivity contribution in [1.82, 2.24) is 14.5 Å². The van der Waals surface area contributed by atoms with Crippen LogP contribution in [0.5, 0.6) is 5.75 Å². The summed E-state index contributed by atoms with van der Waals surface area (Å²) in [5, 5.41) is 13.7. The average Bonchev–Trinajstić information content (AvgIpc) is 2.91. The number of rotatable bonds is 5. The minimum atomic E-state index is -4.48. The van der Waals surface area contributed by atoms with E-state index in [4.69, 9.17) is 0 Å². The second-order valence-corrected chi connectivity index (χ2v) is 8.47. The molecule has 0 radical (unpaired) electrons.